The first kappa shape index (κ1) is 13.7. The molecule has 5 nitrogen and oxygen atoms in total. The predicted octanol–water partition coefficient (Wildman–Crippen LogP) is 1.81. The van der Waals surface area contributed by atoms with E-state index in [-0.39, 0.29) is 30.4 Å². The number of carboxylic acids is 1. The van der Waals surface area contributed by atoms with E-state index in [0.717, 1.165) is 0 Å². The minimum absolute atomic E-state index is 0. The maximum absolute atomic E-state index is 10.7. The Bertz CT molecular complexity index is 484. The van der Waals surface area contributed by atoms with E-state index in [4.69, 9.17) is 5.11 Å². The topological polar surface area (TPSA) is 78.9 Å². The number of nitrogens with zero attached hydrogens (tertiary/aromatic N) is 2. The third-order valence-electron chi connectivity index (χ3n) is 1.74. The molecule has 2 rings (SSSR count). The van der Waals surface area contributed by atoms with Crippen molar-refractivity contribution in [2.45, 2.75) is 6.92 Å². The van der Waals surface area contributed by atoms with E-state index in [2.05, 4.69) is 15.0 Å². The van der Waals surface area contributed by atoms with Gasteiger partial charge in [0.1, 0.15) is 16.9 Å². The third kappa shape index (κ3) is 2.37. The van der Waals surface area contributed by atoms with Crippen LogP contribution in [0.5, 0.6) is 0 Å². The van der Waals surface area contributed by atoms with Gasteiger partial charge in [0.25, 0.3) is 0 Å². The minimum Gasteiger partial charge on any atom is -0.478 e. The van der Waals surface area contributed by atoms with Crippen LogP contribution in [0.25, 0.3) is 11.0 Å². The molecular formula is C8H9Cl2N3O2. The third-order valence-corrected chi connectivity index (χ3v) is 1.74. The fourth-order valence-corrected chi connectivity index (χ4v) is 1.21. The average Bonchev–Trinajstić information content (AvgIpc) is 2.43. The summed E-state index contributed by atoms with van der Waals surface area (Å²) in [6, 6.07) is 0. The zero-order chi connectivity index (χ0) is 9.42. The van der Waals surface area contributed by atoms with Crippen molar-refractivity contribution in [2.75, 3.05) is 0 Å². The van der Waals surface area contributed by atoms with Crippen molar-refractivity contribution < 1.29 is 9.90 Å². The van der Waals surface area contributed by atoms with Crippen LogP contribution < -0.4 is 0 Å². The van der Waals surface area contributed by atoms with Gasteiger partial charge < -0.3 is 10.1 Å². The highest BCUT2D eigenvalue weighted by Gasteiger charge is 2.11. The molecule has 15 heavy (non-hydrogen) atoms. The van der Waals surface area contributed by atoms with Gasteiger partial charge in [0.15, 0.2) is 0 Å². The van der Waals surface area contributed by atoms with E-state index >= 15 is 0 Å². The van der Waals surface area contributed by atoms with Crippen LogP contribution in [0.3, 0.4) is 0 Å². The van der Waals surface area contributed by atoms with Crippen LogP contribution in [0.15, 0.2) is 12.4 Å². The van der Waals surface area contributed by atoms with Crippen molar-refractivity contribution in [3.63, 3.8) is 0 Å². The Balaban J connectivity index is 0.000000980. The Morgan fingerprint density at radius 3 is 2.67 bits per heavy atom. The van der Waals surface area contributed by atoms with Crippen molar-refractivity contribution in [3.05, 3.63) is 23.8 Å². The normalized spacial score (nSPS) is 9.13. The van der Waals surface area contributed by atoms with Crippen molar-refractivity contribution in [1.29, 1.82) is 0 Å². The highest BCUT2D eigenvalue weighted by Crippen LogP contribution is 2.14. The lowest BCUT2D eigenvalue weighted by atomic mass is 10.2. The van der Waals surface area contributed by atoms with E-state index in [0.29, 0.717) is 16.9 Å². The number of pyridine rings is 1. The molecular weight excluding hydrogens is 241 g/mol. The number of rotatable bonds is 1. The molecule has 0 radical (unpaired) electrons. The van der Waals surface area contributed by atoms with Crippen LogP contribution in [0.4, 0.5) is 0 Å². The molecule has 0 bridgehead atoms. The molecule has 0 amide bonds. The minimum atomic E-state index is -1.01. The van der Waals surface area contributed by atoms with Crippen molar-refractivity contribution in [3.8, 4) is 0 Å². The van der Waals surface area contributed by atoms with Crippen LogP contribution in [-0.2, 0) is 0 Å². The van der Waals surface area contributed by atoms with Crippen molar-refractivity contribution >= 4 is 41.8 Å². The summed E-state index contributed by atoms with van der Waals surface area (Å²) in [5, 5.41) is 8.80. The Hall–Kier alpha value is -1.33. The summed E-state index contributed by atoms with van der Waals surface area (Å²) in [5.41, 5.74) is 1.24. The largest absolute Gasteiger partial charge is 0.478 e. The first-order valence-corrected chi connectivity index (χ1v) is 3.72. The average molecular weight is 250 g/mol. The van der Waals surface area contributed by atoms with E-state index < -0.39 is 5.97 Å². The lowest BCUT2D eigenvalue weighted by Crippen LogP contribution is -1.98. The van der Waals surface area contributed by atoms with Gasteiger partial charge in [0, 0.05) is 6.20 Å². The second-order valence-electron chi connectivity index (χ2n) is 2.71. The molecule has 0 saturated carbocycles. The number of hydrogen-bond acceptors (Lipinski definition) is 3. The van der Waals surface area contributed by atoms with Crippen LogP contribution in [0.2, 0.25) is 0 Å². The molecule has 2 aromatic rings. The number of halogens is 2. The summed E-state index contributed by atoms with van der Waals surface area (Å²) in [7, 11) is 0. The maximum atomic E-state index is 10.7. The number of H-pyrrole nitrogens is 1. The van der Waals surface area contributed by atoms with Gasteiger partial charge in [-0.3, -0.25) is 4.98 Å². The zero-order valence-electron chi connectivity index (χ0n) is 7.72. The monoisotopic (exact) mass is 249 g/mol. The predicted molar refractivity (Wildman–Crippen MR) is 60.1 cm³/mol. The number of fused-ring (bicyclic) bond motifs is 1. The highest BCUT2D eigenvalue weighted by molar-refractivity contribution is 6.00. The summed E-state index contributed by atoms with van der Waals surface area (Å²) in [6.07, 6.45) is 2.85. The van der Waals surface area contributed by atoms with E-state index in [1.165, 1.54) is 6.20 Å². The molecule has 7 heteroatoms. The van der Waals surface area contributed by atoms with Crippen molar-refractivity contribution in [2.24, 2.45) is 0 Å². The maximum Gasteiger partial charge on any atom is 0.339 e. The molecule has 0 fully saturated rings. The summed E-state index contributed by atoms with van der Waals surface area (Å²) in [5.74, 6) is -0.324. The van der Waals surface area contributed by atoms with E-state index in [9.17, 15) is 4.79 Å². The number of aromatic amines is 1. The molecule has 2 heterocycles. The van der Waals surface area contributed by atoms with Crippen LogP contribution >= 0.6 is 24.8 Å². The lowest BCUT2D eigenvalue weighted by Gasteiger charge is -1.92. The molecule has 0 aliphatic heterocycles. The summed E-state index contributed by atoms with van der Waals surface area (Å²) >= 11 is 0. The Kier molecular flexibility index (Phi) is 4.51. The smallest absolute Gasteiger partial charge is 0.339 e. The number of nitrogens with one attached hydrogen (secondary N) is 1. The van der Waals surface area contributed by atoms with Gasteiger partial charge in [0.2, 0.25) is 0 Å². The second-order valence-corrected chi connectivity index (χ2v) is 2.71. The molecule has 0 aliphatic rings. The molecule has 0 aromatic carbocycles. The summed E-state index contributed by atoms with van der Waals surface area (Å²) in [4.78, 5) is 21.5. The number of hydrogen-bond donors (Lipinski definition) is 2. The second kappa shape index (κ2) is 4.95. The van der Waals surface area contributed by atoms with Gasteiger partial charge in [0.05, 0.1) is 11.7 Å². The molecule has 2 N–H and O–H groups in total. The quantitative estimate of drug-likeness (QED) is 0.808. The number of carbonyl (C=O) groups is 1. The van der Waals surface area contributed by atoms with E-state index in [1.807, 2.05) is 0 Å². The summed E-state index contributed by atoms with van der Waals surface area (Å²) < 4.78 is 0. The van der Waals surface area contributed by atoms with Gasteiger partial charge in [-0.25, -0.2) is 9.78 Å². The van der Waals surface area contributed by atoms with E-state index in [1.54, 1.807) is 13.1 Å². The number of aryl methyl sites for hydroxylation is 1. The van der Waals surface area contributed by atoms with Gasteiger partial charge in [-0.2, -0.15) is 0 Å². The summed E-state index contributed by atoms with van der Waals surface area (Å²) in [6.45, 7) is 1.77. The SMILES string of the molecule is Cc1nc2c(C(=O)O)cncc2[nH]1.Cl.Cl. The van der Waals surface area contributed by atoms with Crippen LogP contribution in [-0.4, -0.2) is 26.0 Å². The Morgan fingerprint density at radius 1 is 1.40 bits per heavy atom. The number of imidazole rings is 1. The molecule has 0 aliphatic carbocycles. The first-order chi connectivity index (χ1) is 6.18. The number of carboxylic acid groups (broad SMARTS) is 1. The molecule has 0 saturated heterocycles. The van der Waals surface area contributed by atoms with Gasteiger partial charge in [-0.05, 0) is 6.92 Å². The van der Waals surface area contributed by atoms with Crippen molar-refractivity contribution in [1.82, 2.24) is 15.0 Å². The molecule has 0 spiro atoms. The zero-order valence-corrected chi connectivity index (χ0v) is 9.35. The van der Waals surface area contributed by atoms with Crippen LogP contribution in [0.1, 0.15) is 16.2 Å². The lowest BCUT2D eigenvalue weighted by molar-refractivity contribution is 0.0698. The molecule has 82 valence electrons. The van der Waals surface area contributed by atoms with Gasteiger partial charge >= 0.3 is 5.97 Å². The Labute approximate surface area is 97.8 Å². The number of aromatic nitrogens is 3. The van der Waals surface area contributed by atoms with Gasteiger partial charge in [-0.1, -0.05) is 0 Å². The molecule has 2 aromatic heterocycles. The Morgan fingerprint density at radius 2 is 2.07 bits per heavy atom. The number of aromatic carboxylic acids is 1. The highest BCUT2D eigenvalue weighted by atomic mass is 35.5. The molecule has 0 atom stereocenters. The van der Waals surface area contributed by atoms with Gasteiger partial charge in [-0.15, -0.1) is 24.8 Å². The fourth-order valence-electron chi connectivity index (χ4n) is 1.21. The first-order valence-electron chi connectivity index (χ1n) is 3.72. The standard InChI is InChI=1S/C8H7N3O2.2ClH/c1-4-10-6-3-9-2-5(8(12)13)7(6)11-4;;/h2-3H,1H3,(H,10,11)(H,12,13);2*1H. The van der Waals surface area contributed by atoms with Crippen LogP contribution in [0, 0.1) is 6.92 Å². The molecule has 0 unspecified atom stereocenters. The fraction of sp³-hybridized carbons (Fsp3) is 0.125.